The fourth-order valence-corrected chi connectivity index (χ4v) is 6.62. The van der Waals surface area contributed by atoms with Crippen molar-refractivity contribution in [2.75, 3.05) is 0 Å². The van der Waals surface area contributed by atoms with Gasteiger partial charge in [-0.15, -0.1) is 0 Å². The molecule has 0 heterocycles. The topological polar surface area (TPSA) is 0 Å². The molecule has 0 aliphatic heterocycles. The zero-order valence-corrected chi connectivity index (χ0v) is 19.4. The van der Waals surface area contributed by atoms with Crippen molar-refractivity contribution < 1.29 is 4.39 Å². The van der Waals surface area contributed by atoms with Crippen molar-refractivity contribution in [2.24, 2.45) is 35.5 Å². The fraction of sp³-hybridized carbons (Fsp3) is 0.929. The van der Waals surface area contributed by atoms with Crippen molar-refractivity contribution in [3.8, 4) is 11.8 Å². The van der Waals surface area contributed by atoms with Crippen LogP contribution < -0.4 is 0 Å². The Hall–Kier alpha value is -0.510. The molecule has 3 aliphatic carbocycles. The summed E-state index contributed by atoms with van der Waals surface area (Å²) in [6, 6.07) is 0. The fourth-order valence-electron chi connectivity index (χ4n) is 6.62. The molecular weight excluding hydrogens is 355 g/mol. The van der Waals surface area contributed by atoms with E-state index in [4.69, 9.17) is 0 Å². The first kappa shape index (κ1) is 23.2. The van der Waals surface area contributed by atoms with Crippen molar-refractivity contribution in [3.05, 3.63) is 0 Å². The lowest BCUT2D eigenvalue weighted by atomic mass is 9.69. The van der Waals surface area contributed by atoms with Crippen molar-refractivity contribution >= 4 is 0 Å². The van der Waals surface area contributed by atoms with Gasteiger partial charge in [0, 0.05) is 5.92 Å². The summed E-state index contributed by atoms with van der Waals surface area (Å²) in [6.07, 6.45) is 21.5. The van der Waals surface area contributed by atoms with Crippen LogP contribution in [0.1, 0.15) is 123 Å². The summed E-state index contributed by atoms with van der Waals surface area (Å²) < 4.78 is 14.7. The van der Waals surface area contributed by atoms with Crippen molar-refractivity contribution in [1.29, 1.82) is 0 Å². The molecule has 3 rings (SSSR count). The zero-order valence-electron chi connectivity index (χ0n) is 19.4. The van der Waals surface area contributed by atoms with Crippen LogP contribution in [-0.4, -0.2) is 6.17 Å². The molecule has 1 heteroatoms. The molecule has 0 aromatic rings. The van der Waals surface area contributed by atoms with Crippen LogP contribution in [-0.2, 0) is 0 Å². The van der Waals surface area contributed by atoms with Gasteiger partial charge in [0.15, 0.2) is 0 Å². The van der Waals surface area contributed by atoms with Crippen molar-refractivity contribution in [2.45, 2.75) is 129 Å². The summed E-state index contributed by atoms with van der Waals surface area (Å²) >= 11 is 0. The van der Waals surface area contributed by atoms with Gasteiger partial charge < -0.3 is 0 Å². The first-order valence-corrected chi connectivity index (χ1v) is 13.3. The number of halogens is 1. The normalized spacial score (nSPS) is 38.2. The Morgan fingerprint density at radius 2 is 1.31 bits per heavy atom. The van der Waals surface area contributed by atoms with Crippen LogP contribution in [0, 0.1) is 47.3 Å². The van der Waals surface area contributed by atoms with Crippen LogP contribution in [0.5, 0.6) is 0 Å². The first-order chi connectivity index (χ1) is 14.2. The maximum atomic E-state index is 14.7. The van der Waals surface area contributed by atoms with Gasteiger partial charge in [-0.05, 0) is 81.5 Å². The molecule has 3 aliphatic rings. The van der Waals surface area contributed by atoms with E-state index in [0.717, 1.165) is 30.6 Å². The van der Waals surface area contributed by atoms with Gasteiger partial charge in [0.1, 0.15) is 6.17 Å². The highest BCUT2D eigenvalue weighted by atomic mass is 19.1. The third kappa shape index (κ3) is 7.29. The molecule has 0 nitrogen and oxygen atoms in total. The van der Waals surface area contributed by atoms with Gasteiger partial charge in [0.2, 0.25) is 0 Å². The Morgan fingerprint density at radius 1 is 0.655 bits per heavy atom. The molecule has 3 fully saturated rings. The van der Waals surface area contributed by atoms with E-state index < -0.39 is 6.17 Å². The van der Waals surface area contributed by atoms with Crippen molar-refractivity contribution in [1.82, 2.24) is 0 Å². The summed E-state index contributed by atoms with van der Waals surface area (Å²) in [4.78, 5) is 0. The maximum Gasteiger partial charge on any atom is 0.114 e. The van der Waals surface area contributed by atoms with Crippen LogP contribution in [0.25, 0.3) is 0 Å². The number of hydrogen-bond donors (Lipinski definition) is 0. The van der Waals surface area contributed by atoms with Gasteiger partial charge in [-0.1, -0.05) is 77.1 Å². The molecule has 0 aromatic carbocycles. The Balaban J connectivity index is 1.36. The minimum absolute atomic E-state index is 0.0315. The lowest BCUT2D eigenvalue weighted by Crippen LogP contribution is -2.26. The summed E-state index contributed by atoms with van der Waals surface area (Å²) in [6.45, 7) is 4.58. The number of hydrogen-bond acceptors (Lipinski definition) is 0. The summed E-state index contributed by atoms with van der Waals surface area (Å²) in [7, 11) is 0. The van der Waals surface area contributed by atoms with Gasteiger partial charge in [-0.2, -0.15) is 0 Å². The SMILES string of the molecule is CCCCCC1CCC(C#CC2CCC(C3CCC(CCC)CC3)CC2)C(F)C1. The number of rotatable bonds is 7. The van der Waals surface area contributed by atoms with Gasteiger partial charge in [-0.3, -0.25) is 0 Å². The van der Waals surface area contributed by atoms with E-state index in [1.54, 1.807) is 0 Å². The lowest BCUT2D eigenvalue weighted by Gasteiger charge is -2.37. The lowest BCUT2D eigenvalue weighted by molar-refractivity contribution is 0.150. The second-order valence-corrected chi connectivity index (χ2v) is 10.8. The average molecular weight is 403 g/mol. The monoisotopic (exact) mass is 402 g/mol. The van der Waals surface area contributed by atoms with Crippen LogP contribution >= 0.6 is 0 Å². The van der Waals surface area contributed by atoms with E-state index in [1.165, 1.54) is 96.3 Å². The van der Waals surface area contributed by atoms with Crippen LogP contribution in [0.3, 0.4) is 0 Å². The van der Waals surface area contributed by atoms with Gasteiger partial charge >= 0.3 is 0 Å². The summed E-state index contributed by atoms with van der Waals surface area (Å²) in [5.41, 5.74) is 0. The predicted molar refractivity (Wildman–Crippen MR) is 123 cm³/mol. The molecular formula is C28H47F. The summed E-state index contributed by atoms with van der Waals surface area (Å²) in [5, 5.41) is 0. The number of unbranched alkanes of at least 4 members (excludes halogenated alkanes) is 2. The zero-order chi connectivity index (χ0) is 20.5. The molecule has 3 saturated carbocycles. The Morgan fingerprint density at radius 3 is 1.93 bits per heavy atom. The third-order valence-electron chi connectivity index (χ3n) is 8.60. The molecule has 0 aromatic heterocycles. The molecule has 0 bridgehead atoms. The van der Waals surface area contributed by atoms with E-state index in [0.29, 0.717) is 11.8 Å². The van der Waals surface area contributed by atoms with E-state index in [2.05, 4.69) is 25.7 Å². The highest BCUT2D eigenvalue weighted by Gasteiger charge is 2.31. The first-order valence-electron chi connectivity index (χ1n) is 13.3. The quantitative estimate of drug-likeness (QED) is 0.295. The summed E-state index contributed by atoms with van der Waals surface area (Å²) in [5.74, 6) is 11.2. The minimum Gasteiger partial charge on any atom is -0.246 e. The third-order valence-corrected chi connectivity index (χ3v) is 8.60. The Labute approximate surface area is 181 Å². The van der Waals surface area contributed by atoms with E-state index >= 15 is 0 Å². The average Bonchev–Trinajstić information content (AvgIpc) is 2.75. The number of alkyl halides is 1. The molecule has 0 amide bonds. The van der Waals surface area contributed by atoms with Gasteiger partial charge in [0.05, 0.1) is 5.92 Å². The second kappa shape index (κ2) is 12.4. The molecule has 0 spiro atoms. The molecule has 0 N–H and O–H groups in total. The van der Waals surface area contributed by atoms with Crippen LogP contribution in [0.15, 0.2) is 0 Å². The largest absolute Gasteiger partial charge is 0.246 e. The molecule has 0 radical (unpaired) electrons. The van der Waals surface area contributed by atoms with Crippen LogP contribution in [0.2, 0.25) is 0 Å². The van der Waals surface area contributed by atoms with Gasteiger partial charge in [0.25, 0.3) is 0 Å². The minimum atomic E-state index is -0.669. The predicted octanol–water partition coefficient (Wildman–Crippen LogP) is 8.74. The highest BCUT2D eigenvalue weighted by Crippen LogP contribution is 2.42. The van der Waals surface area contributed by atoms with E-state index in [9.17, 15) is 4.39 Å². The second-order valence-electron chi connectivity index (χ2n) is 10.8. The molecule has 3 atom stereocenters. The van der Waals surface area contributed by atoms with E-state index in [-0.39, 0.29) is 5.92 Å². The van der Waals surface area contributed by atoms with Crippen LogP contribution in [0.4, 0.5) is 4.39 Å². The Kier molecular flexibility index (Phi) is 9.88. The standard InChI is InChI=1S/C28H47F/c1-3-5-6-8-24-14-20-27(28(29)21-24)19-13-23-11-17-26(18-12-23)25-15-9-22(7-4-2)10-16-25/h22-28H,3-12,14-18,20-21H2,1-2H3. The van der Waals surface area contributed by atoms with E-state index in [1.807, 2.05) is 0 Å². The molecule has 3 unspecified atom stereocenters. The molecule has 0 saturated heterocycles. The molecule has 166 valence electrons. The van der Waals surface area contributed by atoms with Crippen molar-refractivity contribution in [3.63, 3.8) is 0 Å². The molecule has 29 heavy (non-hydrogen) atoms. The Bertz CT molecular complexity index is 498. The smallest absolute Gasteiger partial charge is 0.114 e. The van der Waals surface area contributed by atoms with Gasteiger partial charge in [-0.25, -0.2) is 4.39 Å². The maximum absolute atomic E-state index is 14.7. The highest BCUT2D eigenvalue weighted by molar-refractivity contribution is 5.11.